The van der Waals surface area contributed by atoms with Crippen molar-refractivity contribution in [1.82, 2.24) is 9.88 Å². The topological polar surface area (TPSA) is 54.3 Å². The van der Waals surface area contributed by atoms with Crippen molar-refractivity contribution in [3.63, 3.8) is 0 Å². The van der Waals surface area contributed by atoms with E-state index in [9.17, 15) is 9.90 Å². The molecule has 0 aliphatic heterocycles. The third kappa shape index (κ3) is 2.96. The SMILES string of the molecule is CCCC(O)CNC(=O)c1cn(C)c2ccccc12. The number of fused-ring (bicyclic) bond motifs is 1. The Kier molecular flexibility index (Phi) is 4.22. The molecule has 1 aromatic heterocycles. The van der Waals surface area contributed by atoms with Gasteiger partial charge in [-0.15, -0.1) is 0 Å². The number of carbonyl (C=O) groups excluding carboxylic acids is 1. The molecule has 0 saturated heterocycles. The third-order valence-electron chi connectivity index (χ3n) is 3.26. The van der Waals surface area contributed by atoms with Gasteiger partial charge in [0.2, 0.25) is 0 Å². The highest BCUT2D eigenvalue weighted by Crippen LogP contribution is 2.19. The normalized spacial score (nSPS) is 12.6. The van der Waals surface area contributed by atoms with Crippen LogP contribution in [0.25, 0.3) is 10.9 Å². The van der Waals surface area contributed by atoms with E-state index in [1.54, 1.807) is 0 Å². The van der Waals surface area contributed by atoms with E-state index in [2.05, 4.69) is 5.32 Å². The number of aryl methyl sites for hydroxylation is 1. The molecule has 0 aliphatic carbocycles. The van der Waals surface area contributed by atoms with Gasteiger partial charge in [0.15, 0.2) is 0 Å². The first-order chi connectivity index (χ1) is 9.13. The quantitative estimate of drug-likeness (QED) is 0.864. The predicted molar refractivity (Wildman–Crippen MR) is 76.2 cm³/mol. The molecule has 19 heavy (non-hydrogen) atoms. The van der Waals surface area contributed by atoms with Gasteiger partial charge in [-0.05, 0) is 12.5 Å². The number of nitrogens with one attached hydrogen (secondary N) is 1. The number of hydrogen-bond donors (Lipinski definition) is 2. The minimum Gasteiger partial charge on any atom is -0.391 e. The number of hydrogen-bond acceptors (Lipinski definition) is 2. The summed E-state index contributed by atoms with van der Waals surface area (Å²) in [5.74, 6) is -0.132. The Morgan fingerprint density at radius 2 is 2.16 bits per heavy atom. The van der Waals surface area contributed by atoms with Crippen LogP contribution in [0.15, 0.2) is 30.5 Å². The van der Waals surface area contributed by atoms with E-state index in [-0.39, 0.29) is 5.91 Å². The van der Waals surface area contributed by atoms with Gasteiger partial charge >= 0.3 is 0 Å². The summed E-state index contributed by atoms with van der Waals surface area (Å²) in [6, 6.07) is 7.80. The number of rotatable bonds is 5. The molecule has 0 aliphatic rings. The molecular weight excluding hydrogens is 240 g/mol. The van der Waals surface area contributed by atoms with Crippen LogP contribution in [-0.4, -0.2) is 28.2 Å². The number of amides is 1. The first-order valence-corrected chi connectivity index (χ1v) is 6.63. The molecule has 2 aromatic rings. The summed E-state index contributed by atoms with van der Waals surface area (Å²) >= 11 is 0. The van der Waals surface area contributed by atoms with Gasteiger partial charge in [-0.2, -0.15) is 0 Å². The fraction of sp³-hybridized carbons (Fsp3) is 0.400. The van der Waals surface area contributed by atoms with E-state index in [0.29, 0.717) is 18.5 Å². The zero-order valence-electron chi connectivity index (χ0n) is 11.4. The van der Waals surface area contributed by atoms with Crippen molar-refractivity contribution in [2.24, 2.45) is 7.05 Å². The van der Waals surface area contributed by atoms with E-state index in [0.717, 1.165) is 17.3 Å². The molecule has 4 nitrogen and oxygen atoms in total. The van der Waals surface area contributed by atoms with Crippen molar-refractivity contribution in [1.29, 1.82) is 0 Å². The highest BCUT2D eigenvalue weighted by Gasteiger charge is 2.14. The van der Waals surface area contributed by atoms with Gasteiger partial charge < -0.3 is 15.0 Å². The van der Waals surface area contributed by atoms with Crippen LogP contribution in [0, 0.1) is 0 Å². The summed E-state index contributed by atoms with van der Waals surface area (Å²) in [4.78, 5) is 12.1. The van der Waals surface area contributed by atoms with Gasteiger partial charge in [-0.1, -0.05) is 31.5 Å². The Morgan fingerprint density at radius 1 is 1.42 bits per heavy atom. The van der Waals surface area contributed by atoms with Gasteiger partial charge in [0.25, 0.3) is 5.91 Å². The first kappa shape index (κ1) is 13.6. The third-order valence-corrected chi connectivity index (χ3v) is 3.26. The summed E-state index contributed by atoms with van der Waals surface area (Å²) in [5.41, 5.74) is 1.68. The molecule has 1 heterocycles. The van der Waals surface area contributed by atoms with Crippen LogP contribution in [0.5, 0.6) is 0 Å². The van der Waals surface area contributed by atoms with Gasteiger partial charge in [0.1, 0.15) is 0 Å². The Bertz CT molecular complexity index is 575. The fourth-order valence-corrected chi connectivity index (χ4v) is 2.26. The average molecular weight is 260 g/mol. The molecular formula is C15H20N2O2. The predicted octanol–water partition coefficient (Wildman–Crippen LogP) is 2.07. The first-order valence-electron chi connectivity index (χ1n) is 6.63. The van der Waals surface area contributed by atoms with Crippen LogP contribution in [0.1, 0.15) is 30.1 Å². The van der Waals surface area contributed by atoms with E-state index >= 15 is 0 Å². The lowest BCUT2D eigenvalue weighted by atomic mass is 10.1. The largest absolute Gasteiger partial charge is 0.391 e. The van der Waals surface area contributed by atoms with Crippen molar-refractivity contribution in [2.75, 3.05) is 6.54 Å². The maximum Gasteiger partial charge on any atom is 0.253 e. The van der Waals surface area contributed by atoms with Crippen molar-refractivity contribution in [3.8, 4) is 0 Å². The molecule has 2 N–H and O–H groups in total. The number of aliphatic hydroxyl groups excluding tert-OH is 1. The standard InChI is InChI=1S/C15H20N2O2/c1-3-6-11(18)9-16-15(19)13-10-17(2)14-8-5-4-7-12(13)14/h4-5,7-8,10-11,18H,3,6,9H2,1-2H3,(H,16,19). The molecule has 0 saturated carbocycles. The molecule has 2 rings (SSSR count). The van der Waals surface area contributed by atoms with E-state index in [1.165, 1.54) is 0 Å². The van der Waals surface area contributed by atoms with Gasteiger partial charge in [-0.25, -0.2) is 0 Å². The summed E-state index contributed by atoms with van der Waals surface area (Å²) in [6.45, 7) is 2.31. The number of aliphatic hydroxyl groups is 1. The van der Waals surface area contributed by atoms with Crippen molar-refractivity contribution >= 4 is 16.8 Å². The van der Waals surface area contributed by atoms with Crippen molar-refractivity contribution in [3.05, 3.63) is 36.0 Å². The van der Waals surface area contributed by atoms with Crippen molar-refractivity contribution in [2.45, 2.75) is 25.9 Å². The van der Waals surface area contributed by atoms with Gasteiger partial charge in [0.05, 0.1) is 11.7 Å². The van der Waals surface area contributed by atoms with E-state index in [1.807, 2.05) is 49.0 Å². The molecule has 0 radical (unpaired) electrons. The summed E-state index contributed by atoms with van der Waals surface area (Å²) in [6.07, 6.45) is 2.97. The minimum absolute atomic E-state index is 0.132. The van der Waals surface area contributed by atoms with Gasteiger partial charge in [-0.3, -0.25) is 4.79 Å². The van der Waals surface area contributed by atoms with Crippen LogP contribution in [-0.2, 0) is 7.05 Å². The highest BCUT2D eigenvalue weighted by atomic mass is 16.3. The Hall–Kier alpha value is -1.81. The maximum atomic E-state index is 12.1. The number of benzene rings is 1. The van der Waals surface area contributed by atoms with Crippen LogP contribution in [0.2, 0.25) is 0 Å². The second-order valence-corrected chi connectivity index (χ2v) is 4.82. The Morgan fingerprint density at radius 3 is 2.89 bits per heavy atom. The highest BCUT2D eigenvalue weighted by molar-refractivity contribution is 6.06. The zero-order valence-corrected chi connectivity index (χ0v) is 11.4. The average Bonchev–Trinajstić information content (AvgIpc) is 2.75. The Labute approximate surface area is 113 Å². The maximum absolute atomic E-state index is 12.1. The molecule has 0 fully saturated rings. The summed E-state index contributed by atoms with van der Waals surface area (Å²) in [7, 11) is 1.92. The second-order valence-electron chi connectivity index (χ2n) is 4.82. The van der Waals surface area contributed by atoms with Crippen LogP contribution in [0.3, 0.4) is 0 Å². The molecule has 1 aromatic carbocycles. The lowest BCUT2D eigenvalue weighted by Gasteiger charge is -2.10. The van der Waals surface area contributed by atoms with Crippen LogP contribution < -0.4 is 5.32 Å². The smallest absolute Gasteiger partial charge is 0.253 e. The summed E-state index contributed by atoms with van der Waals surface area (Å²) in [5, 5.41) is 13.4. The monoisotopic (exact) mass is 260 g/mol. The lowest BCUT2D eigenvalue weighted by molar-refractivity contribution is 0.0911. The Balaban J connectivity index is 2.13. The van der Waals surface area contributed by atoms with E-state index in [4.69, 9.17) is 0 Å². The number of nitrogens with zero attached hydrogens (tertiary/aromatic N) is 1. The minimum atomic E-state index is -0.469. The zero-order chi connectivity index (χ0) is 13.8. The molecule has 1 unspecified atom stereocenters. The number of para-hydroxylation sites is 1. The summed E-state index contributed by atoms with van der Waals surface area (Å²) < 4.78 is 1.94. The van der Waals surface area contributed by atoms with Gasteiger partial charge in [0, 0.05) is 30.7 Å². The second kappa shape index (κ2) is 5.89. The van der Waals surface area contributed by atoms with E-state index < -0.39 is 6.10 Å². The molecule has 102 valence electrons. The number of carbonyl (C=O) groups is 1. The van der Waals surface area contributed by atoms with Crippen LogP contribution in [0.4, 0.5) is 0 Å². The molecule has 4 heteroatoms. The lowest BCUT2D eigenvalue weighted by Crippen LogP contribution is -2.31. The van der Waals surface area contributed by atoms with Crippen molar-refractivity contribution < 1.29 is 9.90 Å². The molecule has 1 atom stereocenters. The molecule has 0 spiro atoms. The molecule has 0 bridgehead atoms. The van der Waals surface area contributed by atoms with Crippen LogP contribution >= 0.6 is 0 Å². The molecule has 1 amide bonds. The fourth-order valence-electron chi connectivity index (χ4n) is 2.26. The number of aromatic nitrogens is 1.